The van der Waals surface area contributed by atoms with Gasteiger partial charge in [-0.1, -0.05) is 0 Å². The number of carbonyl (C=O) groups is 1. The van der Waals surface area contributed by atoms with E-state index in [0.717, 1.165) is 24.4 Å². The van der Waals surface area contributed by atoms with Crippen LogP contribution in [0, 0.1) is 0 Å². The van der Waals surface area contributed by atoms with Crippen molar-refractivity contribution in [2.75, 3.05) is 19.3 Å². The molecule has 1 fully saturated rings. The highest BCUT2D eigenvalue weighted by atomic mass is 32.2. The lowest BCUT2D eigenvalue weighted by Crippen LogP contribution is -2.44. The van der Waals surface area contributed by atoms with E-state index in [-0.39, 0.29) is 12.0 Å². The number of nitrogens with zero attached hydrogens (tertiary/aromatic N) is 4. The van der Waals surface area contributed by atoms with Crippen molar-refractivity contribution >= 4 is 17.7 Å². The third-order valence-electron chi connectivity index (χ3n) is 3.69. The van der Waals surface area contributed by atoms with Crippen molar-refractivity contribution in [1.82, 2.24) is 19.9 Å². The Morgan fingerprint density at radius 1 is 1.35 bits per heavy atom. The number of thioether (sulfide) groups is 1. The van der Waals surface area contributed by atoms with E-state index in [2.05, 4.69) is 15.0 Å². The summed E-state index contributed by atoms with van der Waals surface area (Å²) in [5.74, 6) is 0.507. The summed E-state index contributed by atoms with van der Waals surface area (Å²) in [6.45, 7) is 1.29. The topological polar surface area (TPSA) is 68.2 Å². The Morgan fingerprint density at radius 2 is 2.26 bits per heavy atom. The SMILES string of the molecule is CSc1ncccc1C(=O)N1CCCC(Oc2cnccn2)C1. The molecule has 1 aliphatic rings. The number of carbonyl (C=O) groups excluding carboxylic acids is 1. The number of hydrogen-bond acceptors (Lipinski definition) is 6. The van der Waals surface area contributed by atoms with Crippen molar-refractivity contribution in [1.29, 1.82) is 0 Å². The first kappa shape index (κ1) is 15.7. The van der Waals surface area contributed by atoms with Gasteiger partial charge in [0.2, 0.25) is 5.88 Å². The monoisotopic (exact) mass is 330 g/mol. The summed E-state index contributed by atoms with van der Waals surface area (Å²) in [5.41, 5.74) is 0.653. The summed E-state index contributed by atoms with van der Waals surface area (Å²) < 4.78 is 5.84. The molecule has 0 saturated carbocycles. The van der Waals surface area contributed by atoms with Crippen LogP contribution in [-0.4, -0.2) is 51.2 Å². The summed E-state index contributed by atoms with van der Waals surface area (Å²) >= 11 is 1.48. The van der Waals surface area contributed by atoms with E-state index in [1.54, 1.807) is 30.9 Å². The Labute approximate surface area is 139 Å². The molecule has 2 aromatic rings. The van der Waals surface area contributed by atoms with Crippen molar-refractivity contribution in [3.05, 3.63) is 42.5 Å². The molecule has 0 bridgehead atoms. The molecule has 3 heterocycles. The van der Waals surface area contributed by atoms with Gasteiger partial charge >= 0.3 is 0 Å². The predicted octanol–water partition coefficient (Wildman–Crippen LogP) is 2.28. The fourth-order valence-corrected chi connectivity index (χ4v) is 3.16. The van der Waals surface area contributed by atoms with E-state index in [1.165, 1.54) is 11.8 Å². The van der Waals surface area contributed by atoms with Crippen molar-refractivity contribution in [2.24, 2.45) is 0 Å². The van der Waals surface area contributed by atoms with E-state index >= 15 is 0 Å². The van der Waals surface area contributed by atoms with Crippen molar-refractivity contribution in [3.8, 4) is 5.88 Å². The van der Waals surface area contributed by atoms with Gasteiger partial charge in [-0.3, -0.25) is 9.78 Å². The zero-order valence-electron chi connectivity index (χ0n) is 12.9. The number of piperidine rings is 1. The second-order valence-corrected chi connectivity index (χ2v) is 6.03. The molecule has 1 amide bonds. The number of likely N-dealkylation sites (tertiary alicyclic amines) is 1. The van der Waals surface area contributed by atoms with Gasteiger partial charge < -0.3 is 9.64 Å². The number of amides is 1. The van der Waals surface area contributed by atoms with E-state index in [4.69, 9.17) is 4.74 Å². The highest BCUT2D eigenvalue weighted by Crippen LogP contribution is 2.22. The lowest BCUT2D eigenvalue weighted by molar-refractivity contribution is 0.0523. The molecule has 0 N–H and O–H groups in total. The first-order valence-electron chi connectivity index (χ1n) is 7.49. The lowest BCUT2D eigenvalue weighted by Gasteiger charge is -2.32. The number of rotatable bonds is 4. The van der Waals surface area contributed by atoms with Crippen LogP contribution in [-0.2, 0) is 0 Å². The van der Waals surface area contributed by atoms with Gasteiger partial charge in [0, 0.05) is 25.1 Å². The molecule has 1 unspecified atom stereocenters. The van der Waals surface area contributed by atoms with Gasteiger partial charge in [-0.15, -0.1) is 11.8 Å². The average molecular weight is 330 g/mol. The van der Waals surface area contributed by atoms with Crippen molar-refractivity contribution in [3.63, 3.8) is 0 Å². The van der Waals surface area contributed by atoms with Crippen LogP contribution >= 0.6 is 11.8 Å². The number of aromatic nitrogens is 3. The Bertz CT molecular complexity index is 668. The first-order valence-corrected chi connectivity index (χ1v) is 8.71. The van der Waals surface area contributed by atoms with Crippen molar-refractivity contribution < 1.29 is 9.53 Å². The van der Waals surface area contributed by atoms with E-state index in [9.17, 15) is 4.79 Å². The second kappa shape index (κ2) is 7.41. The third-order valence-corrected chi connectivity index (χ3v) is 4.40. The molecule has 0 aromatic carbocycles. The van der Waals surface area contributed by atoms with Crippen LogP contribution in [0.3, 0.4) is 0 Å². The summed E-state index contributed by atoms with van der Waals surface area (Å²) in [6, 6.07) is 3.62. The molecule has 0 aliphatic carbocycles. The van der Waals surface area contributed by atoms with Crippen LogP contribution in [0.4, 0.5) is 0 Å². The van der Waals surface area contributed by atoms with Gasteiger partial charge in [-0.2, -0.15) is 0 Å². The predicted molar refractivity (Wildman–Crippen MR) is 87.6 cm³/mol. The van der Waals surface area contributed by atoms with Gasteiger partial charge in [-0.25, -0.2) is 9.97 Å². The molecule has 1 saturated heterocycles. The molecule has 23 heavy (non-hydrogen) atoms. The molecule has 6 nitrogen and oxygen atoms in total. The van der Waals surface area contributed by atoms with Gasteiger partial charge in [-0.05, 0) is 31.2 Å². The standard InChI is InChI=1S/C16H18N4O2S/c1-23-15-13(5-2-6-19-15)16(21)20-9-3-4-12(11-20)22-14-10-17-7-8-18-14/h2,5-8,10,12H,3-4,9,11H2,1H3. The number of ether oxygens (including phenoxy) is 1. The van der Waals surface area contributed by atoms with Gasteiger partial charge in [0.15, 0.2) is 0 Å². The highest BCUT2D eigenvalue weighted by Gasteiger charge is 2.27. The fraction of sp³-hybridized carbons (Fsp3) is 0.375. The minimum Gasteiger partial charge on any atom is -0.471 e. The Kier molecular flexibility index (Phi) is 5.07. The van der Waals surface area contributed by atoms with E-state index < -0.39 is 0 Å². The minimum atomic E-state index is -0.0567. The maximum absolute atomic E-state index is 12.8. The maximum Gasteiger partial charge on any atom is 0.256 e. The molecule has 3 rings (SSSR count). The average Bonchev–Trinajstić information content (AvgIpc) is 2.62. The van der Waals surface area contributed by atoms with Crippen LogP contribution in [0.2, 0.25) is 0 Å². The Morgan fingerprint density at radius 3 is 3.04 bits per heavy atom. The molecular weight excluding hydrogens is 312 g/mol. The zero-order valence-corrected chi connectivity index (χ0v) is 13.7. The molecule has 120 valence electrons. The largest absolute Gasteiger partial charge is 0.471 e. The van der Waals surface area contributed by atoms with Gasteiger partial charge in [0.05, 0.1) is 18.3 Å². The highest BCUT2D eigenvalue weighted by molar-refractivity contribution is 7.98. The summed E-state index contributed by atoms with van der Waals surface area (Å²) in [5, 5.41) is 0.759. The second-order valence-electron chi connectivity index (χ2n) is 5.24. The maximum atomic E-state index is 12.8. The molecule has 0 spiro atoms. The van der Waals surface area contributed by atoms with Crippen LogP contribution in [0.5, 0.6) is 5.88 Å². The van der Waals surface area contributed by atoms with Gasteiger partial charge in [0.1, 0.15) is 11.1 Å². The molecule has 2 aromatic heterocycles. The van der Waals surface area contributed by atoms with Crippen LogP contribution in [0.1, 0.15) is 23.2 Å². The van der Waals surface area contributed by atoms with E-state index in [0.29, 0.717) is 18.0 Å². The normalized spacial score (nSPS) is 17.8. The lowest BCUT2D eigenvalue weighted by atomic mass is 10.1. The molecule has 1 aliphatic heterocycles. The summed E-state index contributed by atoms with van der Waals surface area (Å²) in [6.07, 6.45) is 10.2. The van der Waals surface area contributed by atoms with Crippen LogP contribution in [0.25, 0.3) is 0 Å². The van der Waals surface area contributed by atoms with Crippen LogP contribution < -0.4 is 4.74 Å². The molecule has 7 heteroatoms. The smallest absolute Gasteiger partial charge is 0.256 e. The van der Waals surface area contributed by atoms with Crippen molar-refractivity contribution in [2.45, 2.75) is 24.0 Å². The molecular formula is C16H18N4O2S. The quantitative estimate of drug-likeness (QED) is 0.801. The first-order chi connectivity index (χ1) is 11.3. The van der Waals surface area contributed by atoms with E-state index in [1.807, 2.05) is 17.2 Å². The summed E-state index contributed by atoms with van der Waals surface area (Å²) in [7, 11) is 0. The van der Waals surface area contributed by atoms with Crippen LogP contribution in [0.15, 0.2) is 41.9 Å². The summed E-state index contributed by atoms with van der Waals surface area (Å²) in [4.78, 5) is 27.0. The zero-order chi connectivity index (χ0) is 16.1. The van der Waals surface area contributed by atoms with Gasteiger partial charge in [0.25, 0.3) is 5.91 Å². The Hall–Kier alpha value is -2.15. The fourth-order valence-electron chi connectivity index (χ4n) is 2.62. The molecule has 0 radical (unpaired) electrons. The molecule has 1 atom stereocenters. The minimum absolute atomic E-state index is 0.00916. The Balaban J connectivity index is 1.69. The number of pyridine rings is 1. The number of hydrogen-bond donors (Lipinski definition) is 0. The third kappa shape index (κ3) is 3.79.